The van der Waals surface area contributed by atoms with E-state index < -0.39 is 0 Å². The van der Waals surface area contributed by atoms with Crippen molar-refractivity contribution in [1.82, 2.24) is 9.97 Å². The van der Waals surface area contributed by atoms with Crippen molar-refractivity contribution in [2.75, 3.05) is 6.61 Å². The molecular weight excluding hydrogens is 152 g/mol. The van der Waals surface area contributed by atoms with E-state index in [2.05, 4.69) is 9.97 Å². The number of nitrogens with zero attached hydrogens (tertiary/aromatic N) is 2. The Hall–Kier alpha value is -1.12. The largest absolute Gasteiger partial charge is 0.463 e. The van der Waals surface area contributed by atoms with Crippen molar-refractivity contribution < 1.29 is 4.74 Å². The molecule has 64 valence electrons. The molecule has 0 bridgehead atoms. The molecule has 2 rings (SSSR count). The van der Waals surface area contributed by atoms with Crippen molar-refractivity contribution in [2.24, 2.45) is 5.92 Å². The van der Waals surface area contributed by atoms with Gasteiger partial charge in [0.1, 0.15) is 0 Å². The van der Waals surface area contributed by atoms with Gasteiger partial charge >= 0.3 is 6.01 Å². The maximum absolute atomic E-state index is 5.39. The van der Waals surface area contributed by atoms with Crippen LogP contribution in [0.5, 0.6) is 6.01 Å². The minimum absolute atomic E-state index is 0.504. The SMILES string of the molecule is c1cnc(OCC2CCC2)nc1. The molecule has 1 heterocycles. The molecule has 1 aliphatic rings. The summed E-state index contributed by atoms with van der Waals surface area (Å²) < 4.78 is 5.39. The molecule has 0 spiro atoms. The quantitative estimate of drug-likeness (QED) is 0.681. The molecule has 0 saturated heterocycles. The summed E-state index contributed by atoms with van der Waals surface area (Å²) in [7, 11) is 0. The molecule has 0 atom stereocenters. The lowest BCUT2D eigenvalue weighted by Crippen LogP contribution is -2.19. The van der Waals surface area contributed by atoms with Crippen LogP contribution in [0.25, 0.3) is 0 Å². The topological polar surface area (TPSA) is 35.0 Å². The fraction of sp³-hybridized carbons (Fsp3) is 0.556. The summed E-state index contributed by atoms with van der Waals surface area (Å²) in [5.41, 5.74) is 0. The summed E-state index contributed by atoms with van der Waals surface area (Å²) in [4.78, 5) is 7.95. The van der Waals surface area contributed by atoms with Gasteiger partial charge in [0.15, 0.2) is 0 Å². The van der Waals surface area contributed by atoms with Crippen LogP contribution in [0.4, 0.5) is 0 Å². The zero-order valence-corrected chi connectivity index (χ0v) is 6.94. The molecular formula is C9H12N2O. The van der Waals surface area contributed by atoms with Gasteiger partial charge in [-0.2, -0.15) is 0 Å². The van der Waals surface area contributed by atoms with Crippen LogP contribution in [0, 0.1) is 5.92 Å². The second-order valence-corrected chi connectivity index (χ2v) is 3.14. The zero-order chi connectivity index (χ0) is 8.23. The van der Waals surface area contributed by atoms with E-state index in [4.69, 9.17) is 4.74 Å². The molecule has 0 amide bonds. The molecule has 3 heteroatoms. The molecule has 1 saturated carbocycles. The normalized spacial score (nSPS) is 17.0. The van der Waals surface area contributed by atoms with Crippen LogP contribution >= 0.6 is 0 Å². The molecule has 1 aromatic rings. The molecule has 0 radical (unpaired) electrons. The summed E-state index contributed by atoms with van der Waals surface area (Å²) in [5, 5.41) is 0. The standard InChI is InChI=1S/C9H12N2O/c1-3-8(4-1)7-12-9-10-5-2-6-11-9/h2,5-6,8H,1,3-4,7H2. The van der Waals surface area contributed by atoms with Gasteiger partial charge in [0, 0.05) is 12.4 Å². The number of rotatable bonds is 3. The molecule has 0 aromatic carbocycles. The molecule has 0 aliphatic heterocycles. The Morgan fingerprint density at radius 1 is 1.33 bits per heavy atom. The molecule has 1 aromatic heterocycles. The number of hydrogen-bond acceptors (Lipinski definition) is 3. The Bertz CT molecular complexity index is 234. The Balaban J connectivity index is 1.79. The van der Waals surface area contributed by atoms with Crippen molar-refractivity contribution in [3.63, 3.8) is 0 Å². The lowest BCUT2D eigenvalue weighted by molar-refractivity contribution is 0.170. The third-order valence-corrected chi connectivity index (χ3v) is 2.21. The van der Waals surface area contributed by atoms with Crippen molar-refractivity contribution in [2.45, 2.75) is 19.3 Å². The predicted molar refractivity (Wildman–Crippen MR) is 44.9 cm³/mol. The summed E-state index contributed by atoms with van der Waals surface area (Å²) in [6, 6.07) is 2.29. The highest BCUT2D eigenvalue weighted by Gasteiger charge is 2.18. The van der Waals surface area contributed by atoms with Gasteiger partial charge in [0.2, 0.25) is 0 Å². The molecule has 1 fully saturated rings. The summed E-state index contributed by atoms with van der Waals surface area (Å²) in [6.45, 7) is 0.782. The molecule has 12 heavy (non-hydrogen) atoms. The number of aromatic nitrogens is 2. The van der Waals surface area contributed by atoms with Gasteiger partial charge in [-0.3, -0.25) is 0 Å². The summed E-state index contributed by atoms with van der Waals surface area (Å²) in [6.07, 6.45) is 7.34. The van der Waals surface area contributed by atoms with E-state index in [1.165, 1.54) is 19.3 Å². The van der Waals surface area contributed by atoms with Gasteiger partial charge in [-0.25, -0.2) is 9.97 Å². The van der Waals surface area contributed by atoms with E-state index in [1.807, 2.05) is 0 Å². The van der Waals surface area contributed by atoms with E-state index in [0.717, 1.165) is 12.5 Å². The first kappa shape index (κ1) is 7.53. The average Bonchev–Trinajstić information content (AvgIpc) is 2.04. The van der Waals surface area contributed by atoms with Crippen LogP contribution in [-0.4, -0.2) is 16.6 Å². The molecule has 3 nitrogen and oxygen atoms in total. The highest BCUT2D eigenvalue weighted by molar-refractivity contribution is 4.93. The zero-order valence-electron chi connectivity index (χ0n) is 6.94. The van der Waals surface area contributed by atoms with Crippen molar-refractivity contribution in [1.29, 1.82) is 0 Å². The van der Waals surface area contributed by atoms with Crippen LogP contribution in [0.15, 0.2) is 18.5 Å². The van der Waals surface area contributed by atoms with Crippen molar-refractivity contribution >= 4 is 0 Å². The molecule has 1 aliphatic carbocycles. The first-order valence-corrected chi connectivity index (χ1v) is 4.35. The van der Waals surface area contributed by atoms with E-state index in [1.54, 1.807) is 18.5 Å². The first-order chi connectivity index (χ1) is 5.95. The van der Waals surface area contributed by atoms with Gasteiger partial charge in [0.05, 0.1) is 6.61 Å². The Morgan fingerprint density at radius 2 is 2.08 bits per heavy atom. The van der Waals surface area contributed by atoms with Gasteiger partial charge in [-0.1, -0.05) is 6.42 Å². The Labute approximate surface area is 71.8 Å². The third kappa shape index (κ3) is 1.72. The second kappa shape index (κ2) is 3.52. The Morgan fingerprint density at radius 3 is 2.67 bits per heavy atom. The highest BCUT2D eigenvalue weighted by Crippen LogP contribution is 2.26. The second-order valence-electron chi connectivity index (χ2n) is 3.14. The Kier molecular flexibility index (Phi) is 2.21. The van der Waals surface area contributed by atoms with Crippen molar-refractivity contribution in [3.05, 3.63) is 18.5 Å². The first-order valence-electron chi connectivity index (χ1n) is 4.35. The van der Waals surface area contributed by atoms with Gasteiger partial charge in [-0.05, 0) is 24.8 Å². The van der Waals surface area contributed by atoms with Crippen LogP contribution in [0.2, 0.25) is 0 Å². The van der Waals surface area contributed by atoms with E-state index >= 15 is 0 Å². The third-order valence-electron chi connectivity index (χ3n) is 2.21. The van der Waals surface area contributed by atoms with Crippen LogP contribution in [-0.2, 0) is 0 Å². The predicted octanol–water partition coefficient (Wildman–Crippen LogP) is 1.66. The maximum atomic E-state index is 5.39. The minimum atomic E-state index is 0.504. The lowest BCUT2D eigenvalue weighted by atomic mass is 9.86. The van der Waals surface area contributed by atoms with Crippen LogP contribution in [0.3, 0.4) is 0 Å². The fourth-order valence-corrected chi connectivity index (χ4v) is 1.21. The van der Waals surface area contributed by atoms with Crippen molar-refractivity contribution in [3.8, 4) is 6.01 Å². The van der Waals surface area contributed by atoms with Gasteiger partial charge < -0.3 is 4.74 Å². The fourth-order valence-electron chi connectivity index (χ4n) is 1.21. The highest BCUT2D eigenvalue weighted by atomic mass is 16.5. The number of hydrogen-bond donors (Lipinski definition) is 0. The lowest BCUT2D eigenvalue weighted by Gasteiger charge is -2.24. The van der Waals surface area contributed by atoms with E-state index in [0.29, 0.717) is 6.01 Å². The van der Waals surface area contributed by atoms with Crippen LogP contribution in [0.1, 0.15) is 19.3 Å². The van der Waals surface area contributed by atoms with E-state index in [-0.39, 0.29) is 0 Å². The van der Waals surface area contributed by atoms with Crippen LogP contribution < -0.4 is 4.74 Å². The monoisotopic (exact) mass is 164 g/mol. The molecule has 0 unspecified atom stereocenters. The minimum Gasteiger partial charge on any atom is -0.463 e. The smallest absolute Gasteiger partial charge is 0.316 e. The summed E-state index contributed by atoms with van der Waals surface area (Å²) >= 11 is 0. The van der Waals surface area contributed by atoms with Gasteiger partial charge in [0.25, 0.3) is 0 Å². The summed E-state index contributed by atoms with van der Waals surface area (Å²) in [5.74, 6) is 0.744. The average molecular weight is 164 g/mol. The number of ether oxygens (including phenoxy) is 1. The van der Waals surface area contributed by atoms with Gasteiger partial charge in [-0.15, -0.1) is 0 Å². The molecule has 0 N–H and O–H groups in total. The van der Waals surface area contributed by atoms with E-state index in [9.17, 15) is 0 Å². The maximum Gasteiger partial charge on any atom is 0.316 e.